The minimum absolute atomic E-state index is 0.00958. The lowest BCUT2D eigenvalue weighted by molar-refractivity contribution is -0.120. The van der Waals surface area contributed by atoms with E-state index in [9.17, 15) is 15.0 Å². The summed E-state index contributed by atoms with van der Waals surface area (Å²) in [5.74, 6) is 0.663. The minimum atomic E-state index is -0.0563. The molecule has 0 aromatic heterocycles. The van der Waals surface area contributed by atoms with Crippen LogP contribution in [0.2, 0.25) is 0 Å². The van der Waals surface area contributed by atoms with E-state index >= 15 is 0 Å². The fraction of sp³-hybridized carbons (Fsp3) is 0.533. The Bertz CT molecular complexity index is 479. The number of ketones is 1. The molecule has 0 aliphatic heterocycles. The molecule has 1 aromatic carbocycles. The van der Waals surface area contributed by atoms with Gasteiger partial charge >= 0.3 is 0 Å². The molecule has 2 rings (SSSR count). The molecule has 1 aliphatic carbocycles. The van der Waals surface area contributed by atoms with Gasteiger partial charge in [-0.3, -0.25) is 4.79 Å². The van der Waals surface area contributed by atoms with Crippen LogP contribution in [-0.4, -0.2) is 22.1 Å². The molecule has 0 saturated heterocycles. The second-order valence-electron chi connectivity index (χ2n) is 5.38. The lowest BCUT2D eigenvalue weighted by Crippen LogP contribution is -2.16. The van der Waals surface area contributed by atoms with Gasteiger partial charge in [0.25, 0.3) is 0 Å². The van der Waals surface area contributed by atoms with Crippen molar-refractivity contribution >= 4 is 5.78 Å². The van der Waals surface area contributed by atoms with Crippen molar-refractivity contribution in [1.29, 1.82) is 0 Å². The number of hydrogen-bond donors (Lipinski definition) is 2. The number of carbonyl (C=O) groups is 1. The summed E-state index contributed by atoms with van der Waals surface area (Å²) in [7, 11) is 0. The maximum Gasteiger partial charge on any atom is 0.133 e. The van der Waals surface area contributed by atoms with E-state index in [0.29, 0.717) is 24.2 Å². The second-order valence-corrected chi connectivity index (χ2v) is 5.38. The smallest absolute Gasteiger partial charge is 0.133 e. The highest BCUT2D eigenvalue weighted by atomic mass is 16.5. The normalized spacial score (nSPS) is 19.7. The van der Waals surface area contributed by atoms with E-state index in [0.717, 1.165) is 12.8 Å². The van der Waals surface area contributed by atoms with Crippen molar-refractivity contribution in [3.63, 3.8) is 0 Å². The molecule has 19 heavy (non-hydrogen) atoms. The van der Waals surface area contributed by atoms with E-state index < -0.39 is 0 Å². The molecule has 4 nitrogen and oxygen atoms in total. The number of benzene rings is 1. The van der Waals surface area contributed by atoms with Gasteiger partial charge in [0.15, 0.2) is 0 Å². The van der Waals surface area contributed by atoms with Crippen molar-refractivity contribution in [3.05, 3.63) is 17.7 Å². The fourth-order valence-corrected chi connectivity index (χ4v) is 2.63. The lowest BCUT2D eigenvalue weighted by atomic mass is 9.82. The summed E-state index contributed by atoms with van der Waals surface area (Å²) in [6.45, 7) is 3.77. The van der Waals surface area contributed by atoms with E-state index in [1.54, 1.807) is 0 Å². The highest BCUT2D eigenvalue weighted by Gasteiger charge is 2.27. The van der Waals surface area contributed by atoms with Gasteiger partial charge in [0.05, 0.1) is 6.10 Å². The molecule has 2 N–H and O–H groups in total. The molecule has 1 aromatic rings. The Hall–Kier alpha value is -1.71. The third-order valence-corrected chi connectivity index (χ3v) is 3.36. The van der Waals surface area contributed by atoms with Crippen LogP contribution in [0.25, 0.3) is 0 Å². The molecule has 0 spiro atoms. The SMILES string of the molecule is CC(C)Oc1cc(O)cc(O)c1C1CCCC(=O)C1. The van der Waals surface area contributed by atoms with E-state index in [-0.39, 0.29) is 29.3 Å². The predicted molar refractivity (Wildman–Crippen MR) is 71.8 cm³/mol. The Balaban J connectivity index is 2.38. The van der Waals surface area contributed by atoms with Gasteiger partial charge in [0.1, 0.15) is 23.0 Å². The first kappa shape index (κ1) is 13.7. The molecule has 1 fully saturated rings. The summed E-state index contributed by atoms with van der Waals surface area (Å²) >= 11 is 0. The first-order chi connectivity index (χ1) is 8.97. The average Bonchev–Trinajstić information content (AvgIpc) is 2.26. The Kier molecular flexibility index (Phi) is 3.98. The van der Waals surface area contributed by atoms with Crippen molar-refractivity contribution in [2.45, 2.75) is 51.6 Å². The first-order valence-electron chi connectivity index (χ1n) is 6.71. The monoisotopic (exact) mass is 264 g/mol. The zero-order valence-corrected chi connectivity index (χ0v) is 11.3. The van der Waals surface area contributed by atoms with Gasteiger partial charge in [-0.15, -0.1) is 0 Å². The number of ether oxygens (including phenoxy) is 1. The number of Topliss-reactive ketones (excluding diaryl/α,β-unsaturated/α-hetero) is 1. The maximum atomic E-state index is 11.6. The highest BCUT2D eigenvalue weighted by Crippen LogP contribution is 2.43. The molecule has 0 heterocycles. The predicted octanol–water partition coefficient (Wildman–Crippen LogP) is 3.11. The number of rotatable bonds is 3. The van der Waals surface area contributed by atoms with Crippen molar-refractivity contribution in [2.24, 2.45) is 0 Å². The third kappa shape index (κ3) is 3.19. The fourth-order valence-electron chi connectivity index (χ4n) is 2.63. The molecular formula is C15H20O4. The second kappa shape index (κ2) is 5.51. The number of carbonyl (C=O) groups excluding carboxylic acids is 1. The van der Waals surface area contributed by atoms with Crippen molar-refractivity contribution in [3.8, 4) is 17.2 Å². The zero-order chi connectivity index (χ0) is 14.0. The molecule has 1 atom stereocenters. The van der Waals surface area contributed by atoms with Crippen molar-refractivity contribution < 1.29 is 19.7 Å². The van der Waals surface area contributed by atoms with Gasteiger partial charge in [-0.05, 0) is 32.6 Å². The largest absolute Gasteiger partial charge is 0.508 e. The summed E-state index contributed by atoms with van der Waals surface area (Å²) in [5.41, 5.74) is 0.652. The van der Waals surface area contributed by atoms with E-state index in [1.165, 1.54) is 12.1 Å². The molecular weight excluding hydrogens is 244 g/mol. The Labute approximate surface area is 113 Å². The summed E-state index contributed by atoms with van der Waals surface area (Å²) in [4.78, 5) is 11.6. The van der Waals surface area contributed by atoms with Crippen molar-refractivity contribution in [1.82, 2.24) is 0 Å². The number of phenols is 2. The van der Waals surface area contributed by atoms with E-state index in [4.69, 9.17) is 4.74 Å². The quantitative estimate of drug-likeness (QED) is 0.880. The van der Waals surface area contributed by atoms with Crippen LogP contribution in [0.1, 0.15) is 51.0 Å². The number of phenolic OH excluding ortho intramolecular Hbond substituents is 2. The first-order valence-corrected chi connectivity index (χ1v) is 6.71. The van der Waals surface area contributed by atoms with Gasteiger partial charge in [-0.2, -0.15) is 0 Å². The lowest BCUT2D eigenvalue weighted by Gasteiger charge is -2.25. The molecule has 1 aliphatic rings. The Morgan fingerprint density at radius 2 is 2.05 bits per heavy atom. The van der Waals surface area contributed by atoms with Crippen LogP contribution in [0.5, 0.6) is 17.2 Å². The molecule has 0 amide bonds. The van der Waals surface area contributed by atoms with Crippen LogP contribution in [0.3, 0.4) is 0 Å². The summed E-state index contributed by atoms with van der Waals surface area (Å²) < 4.78 is 5.66. The Morgan fingerprint density at radius 1 is 1.32 bits per heavy atom. The molecule has 104 valence electrons. The van der Waals surface area contributed by atoms with Crippen LogP contribution in [-0.2, 0) is 4.79 Å². The van der Waals surface area contributed by atoms with Crippen molar-refractivity contribution in [2.75, 3.05) is 0 Å². The Morgan fingerprint density at radius 3 is 2.68 bits per heavy atom. The number of aromatic hydroxyl groups is 2. The minimum Gasteiger partial charge on any atom is -0.508 e. The molecule has 0 radical (unpaired) electrons. The van der Waals surface area contributed by atoms with Gasteiger partial charge in [0, 0.05) is 30.5 Å². The molecule has 0 bridgehead atoms. The van der Waals surface area contributed by atoms with Gasteiger partial charge in [-0.25, -0.2) is 0 Å². The van der Waals surface area contributed by atoms with E-state index in [2.05, 4.69) is 0 Å². The average molecular weight is 264 g/mol. The van der Waals surface area contributed by atoms with Crippen LogP contribution >= 0.6 is 0 Å². The summed E-state index contributed by atoms with van der Waals surface area (Å²) in [5, 5.41) is 19.6. The van der Waals surface area contributed by atoms with Crippen LogP contribution in [0.15, 0.2) is 12.1 Å². The molecule has 4 heteroatoms. The van der Waals surface area contributed by atoms with Gasteiger partial charge < -0.3 is 14.9 Å². The van der Waals surface area contributed by atoms with Crippen LogP contribution < -0.4 is 4.74 Å². The van der Waals surface area contributed by atoms with E-state index in [1.807, 2.05) is 13.8 Å². The van der Waals surface area contributed by atoms with Crippen LogP contribution in [0, 0.1) is 0 Å². The number of hydrogen-bond acceptors (Lipinski definition) is 4. The standard InChI is InChI=1S/C15H20O4/c1-9(2)19-14-8-12(17)7-13(18)15(14)10-4-3-5-11(16)6-10/h7-10,17-18H,3-6H2,1-2H3. The maximum absolute atomic E-state index is 11.6. The topological polar surface area (TPSA) is 66.8 Å². The highest BCUT2D eigenvalue weighted by molar-refractivity contribution is 5.80. The van der Waals surface area contributed by atoms with Gasteiger partial charge in [0.2, 0.25) is 0 Å². The van der Waals surface area contributed by atoms with Crippen LogP contribution in [0.4, 0.5) is 0 Å². The summed E-state index contributed by atoms with van der Waals surface area (Å²) in [6.07, 6.45) is 2.70. The third-order valence-electron chi connectivity index (χ3n) is 3.36. The van der Waals surface area contributed by atoms with Gasteiger partial charge in [-0.1, -0.05) is 0 Å². The zero-order valence-electron chi connectivity index (χ0n) is 11.3. The molecule has 1 unspecified atom stereocenters. The summed E-state index contributed by atoms with van der Waals surface area (Å²) in [6, 6.07) is 2.82. The molecule has 1 saturated carbocycles.